The fourth-order valence-electron chi connectivity index (χ4n) is 4.59. The maximum Gasteiger partial charge on any atom is 0.255 e. The third kappa shape index (κ3) is 4.61. The molecule has 0 spiro atoms. The Balaban J connectivity index is 1.25. The number of pyridine rings is 1. The van der Waals surface area contributed by atoms with E-state index in [1.807, 2.05) is 30.3 Å². The number of amides is 3. The number of benzene rings is 2. The lowest BCUT2D eigenvalue weighted by Crippen LogP contribution is -2.52. The van der Waals surface area contributed by atoms with Crippen LogP contribution in [0.25, 0.3) is 11.3 Å². The van der Waals surface area contributed by atoms with Crippen molar-refractivity contribution in [3.63, 3.8) is 0 Å². The van der Waals surface area contributed by atoms with Gasteiger partial charge in [0.25, 0.3) is 5.91 Å². The zero-order chi connectivity index (χ0) is 23.5. The highest BCUT2D eigenvalue weighted by Crippen LogP contribution is 2.30. The van der Waals surface area contributed by atoms with Crippen LogP contribution in [0.4, 0.5) is 0 Å². The average molecular weight is 455 g/mol. The van der Waals surface area contributed by atoms with E-state index in [0.717, 1.165) is 41.9 Å². The predicted octanol–water partition coefficient (Wildman–Crippen LogP) is 2.84. The van der Waals surface area contributed by atoms with Gasteiger partial charge in [0.05, 0.1) is 5.69 Å². The summed E-state index contributed by atoms with van der Waals surface area (Å²) < 4.78 is 0. The molecule has 2 N–H and O–H groups in total. The first-order valence-electron chi connectivity index (χ1n) is 11.6. The molecule has 7 heteroatoms. The molecule has 0 bridgehead atoms. The summed E-state index contributed by atoms with van der Waals surface area (Å²) >= 11 is 0. The highest BCUT2D eigenvalue weighted by molar-refractivity contribution is 6.05. The minimum absolute atomic E-state index is 0.166. The lowest BCUT2D eigenvalue weighted by atomic mass is 10.0. The molecule has 0 radical (unpaired) electrons. The molecule has 1 fully saturated rings. The summed E-state index contributed by atoms with van der Waals surface area (Å²) in [4.78, 5) is 42.7. The zero-order valence-corrected chi connectivity index (χ0v) is 18.8. The van der Waals surface area contributed by atoms with Gasteiger partial charge in [0.1, 0.15) is 6.04 Å². The first-order valence-corrected chi connectivity index (χ1v) is 11.6. The number of fused-ring (bicyclic) bond motifs is 1. The van der Waals surface area contributed by atoms with Crippen LogP contribution >= 0.6 is 0 Å². The molecule has 1 saturated heterocycles. The highest BCUT2D eigenvalue weighted by atomic mass is 16.2. The Morgan fingerprint density at radius 1 is 1.00 bits per heavy atom. The van der Waals surface area contributed by atoms with E-state index < -0.39 is 11.9 Å². The number of rotatable bonds is 7. The molecule has 1 atom stereocenters. The summed E-state index contributed by atoms with van der Waals surface area (Å²) in [6.07, 6.45) is 3.38. The number of hydrogen-bond donors (Lipinski definition) is 2. The third-order valence-corrected chi connectivity index (χ3v) is 6.41. The standard InChI is InChI=1S/C27H26N4O3/c32-25-9-8-24(26(33)30-25)31-17-21-15-20(6-7-22(21)27(31)34)23-14-19(11-13-29-23)16-28-12-10-18-4-2-1-3-5-18/h1-7,11,13-15,24,28H,8-10,12,16-17H2,(H,30,32,33). The van der Waals surface area contributed by atoms with Crippen LogP contribution in [0.2, 0.25) is 0 Å². The van der Waals surface area contributed by atoms with Crippen molar-refractivity contribution in [1.29, 1.82) is 0 Å². The SMILES string of the molecule is O=C1CCC(N2Cc3cc(-c4cc(CNCCc5ccccc5)ccn4)ccc3C2=O)C(=O)N1. The second-order valence-corrected chi connectivity index (χ2v) is 8.73. The summed E-state index contributed by atoms with van der Waals surface area (Å²) in [7, 11) is 0. The monoisotopic (exact) mass is 454 g/mol. The van der Waals surface area contributed by atoms with E-state index >= 15 is 0 Å². The Morgan fingerprint density at radius 2 is 1.85 bits per heavy atom. The van der Waals surface area contributed by atoms with Gasteiger partial charge in [0.15, 0.2) is 0 Å². The molecule has 2 aromatic carbocycles. The summed E-state index contributed by atoms with van der Waals surface area (Å²) in [5.41, 5.74) is 5.71. The fourth-order valence-corrected chi connectivity index (χ4v) is 4.59. The highest BCUT2D eigenvalue weighted by Gasteiger charge is 2.39. The molecule has 2 aliphatic rings. The summed E-state index contributed by atoms with van der Waals surface area (Å²) in [6.45, 7) is 1.99. The van der Waals surface area contributed by atoms with Crippen LogP contribution in [-0.4, -0.2) is 40.2 Å². The van der Waals surface area contributed by atoms with Gasteiger partial charge in [-0.25, -0.2) is 0 Å². The van der Waals surface area contributed by atoms with E-state index in [2.05, 4.69) is 45.9 Å². The number of piperidine rings is 1. The van der Waals surface area contributed by atoms with E-state index in [1.165, 1.54) is 5.56 Å². The molecule has 3 heterocycles. The normalized spacial score (nSPS) is 17.6. The molecule has 0 aliphatic carbocycles. The summed E-state index contributed by atoms with van der Waals surface area (Å²) in [5, 5.41) is 5.82. The van der Waals surface area contributed by atoms with Gasteiger partial charge >= 0.3 is 0 Å². The Bertz CT molecular complexity index is 1240. The maximum atomic E-state index is 12.9. The van der Waals surface area contributed by atoms with E-state index in [0.29, 0.717) is 18.5 Å². The van der Waals surface area contributed by atoms with Crippen molar-refractivity contribution in [2.45, 2.75) is 38.4 Å². The van der Waals surface area contributed by atoms with Crippen LogP contribution in [0.15, 0.2) is 66.9 Å². The van der Waals surface area contributed by atoms with Crippen molar-refractivity contribution in [3.05, 3.63) is 89.1 Å². The molecule has 1 unspecified atom stereocenters. The van der Waals surface area contributed by atoms with Gasteiger partial charge in [0.2, 0.25) is 11.8 Å². The number of imide groups is 1. The Morgan fingerprint density at radius 3 is 2.68 bits per heavy atom. The molecule has 34 heavy (non-hydrogen) atoms. The third-order valence-electron chi connectivity index (χ3n) is 6.41. The number of aromatic nitrogens is 1. The fraction of sp³-hybridized carbons (Fsp3) is 0.259. The van der Waals surface area contributed by atoms with Crippen molar-refractivity contribution in [3.8, 4) is 11.3 Å². The van der Waals surface area contributed by atoms with Crippen LogP contribution < -0.4 is 10.6 Å². The molecule has 5 rings (SSSR count). The van der Waals surface area contributed by atoms with Crippen molar-refractivity contribution in [2.75, 3.05) is 6.54 Å². The van der Waals surface area contributed by atoms with Crippen molar-refractivity contribution < 1.29 is 14.4 Å². The van der Waals surface area contributed by atoms with Crippen LogP contribution in [0, 0.1) is 0 Å². The first-order chi connectivity index (χ1) is 16.6. The van der Waals surface area contributed by atoms with Gasteiger partial charge in [-0.1, -0.05) is 36.4 Å². The predicted molar refractivity (Wildman–Crippen MR) is 128 cm³/mol. The zero-order valence-electron chi connectivity index (χ0n) is 18.8. The molecule has 3 aromatic rings. The van der Waals surface area contributed by atoms with Gasteiger partial charge in [-0.05, 0) is 60.3 Å². The number of nitrogens with zero attached hydrogens (tertiary/aromatic N) is 2. The quantitative estimate of drug-likeness (QED) is 0.423. The van der Waals surface area contributed by atoms with Gasteiger partial charge < -0.3 is 10.2 Å². The van der Waals surface area contributed by atoms with Crippen molar-refractivity contribution in [2.24, 2.45) is 0 Å². The Labute approximate surface area is 198 Å². The summed E-state index contributed by atoms with van der Waals surface area (Å²) in [6, 6.07) is 19.5. The average Bonchev–Trinajstić information content (AvgIpc) is 3.18. The molecule has 172 valence electrons. The van der Waals surface area contributed by atoms with E-state index in [4.69, 9.17) is 0 Å². The van der Waals surface area contributed by atoms with Crippen LogP contribution in [-0.2, 0) is 29.1 Å². The molecular formula is C27H26N4O3. The molecule has 3 amide bonds. The number of carbonyl (C=O) groups is 3. The van der Waals surface area contributed by atoms with Gasteiger partial charge in [-0.2, -0.15) is 0 Å². The first kappa shape index (κ1) is 22.0. The second-order valence-electron chi connectivity index (χ2n) is 8.73. The van der Waals surface area contributed by atoms with Crippen molar-refractivity contribution in [1.82, 2.24) is 20.5 Å². The van der Waals surface area contributed by atoms with Crippen LogP contribution in [0.5, 0.6) is 0 Å². The number of hydrogen-bond acceptors (Lipinski definition) is 5. The second kappa shape index (κ2) is 9.57. The smallest absolute Gasteiger partial charge is 0.255 e. The molecule has 7 nitrogen and oxygen atoms in total. The maximum absolute atomic E-state index is 12.9. The lowest BCUT2D eigenvalue weighted by molar-refractivity contribution is -0.136. The van der Waals surface area contributed by atoms with E-state index in [1.54, 1.807) is 11.1 Å². The molecule has 1 aromatic heterocycles. The van der Waals surface area contributed by atoms with Gasteiger partial charge in [-0.3, -0.25) is 24.7 Å². The van der Waals surface area contributed by atoms with Gasteiger partial charge in [-0.15, -0.1) is 0 Å². The Kier molecular flexibility index (Phi) is 6.18. The molecule has 2 aliphatic heterocycles. The summed E-state index contributed by atoms with van der Waals surface area (Å²) in [5.74, 6) is -0.847. The largest absolute Gasteiger partial charge is 0.322 e. The van der Waals surface area contributed by atoms with Crippen LogP contribution in [0.3, 0.4) is 0 Å². The minimum Gasteiger partial charge on any atom is -0.322 e. The lowest BCUT2D eigenvalue weighted by Gasteiger charge is -2.29. The minimum atomic E-state index is -0.607. The topological polar surface area (TPSA) is 91.4 Å². The van der Waals surface area contributed by atoms with Gasteiger partial charge in [0, 0.05) is 36.8 Å². The van der Waals surface area contributed by atoms with E-state index in [-0.39, 0.29) is 18.2 Å². The Hall–Kier alpha value is -3.84. The molecule has 0 saturated carbocycles. The molecular weight excluding hydrogens is 428 g/mol. The van der Waals surface area contributed by atoms with E-state index in [9.17, 15) is 14.4 Å². The van der Waals surface area contributed by atoms with Crippen molar-refractivity contribution >= 4 is 17.7 Å². The van der Waals surface area contributed by atoms with Crippen LogP contribution in [0.1, 0.15) is 39.9 Å². The number of nitrogens with one attached hydrogen (secondary N) is 2. The number of carbonyl (C=O) groups excluding carboxylic acids is 3.